The van der Waals surface area contributed by atoms with Crippen molar-refractivity contribution in [3.63, 3.8) is 0 Å². The zero-order chi connectivity index (χ0) is 13.5. The Bertz CT molecular complexity index is 517. The third-order valence-corrected chi connectivity index (χ3v) is 2.89. The van der Waals surface area contributed by atoms with Crippen LogP contribution < -0.4 is 0 Å². The average Bonchev–Trinajstić information content (AvgIpc) is 2.45. The smallest absolute Gasteiger partial charge is 0.0643 e. The Morgan fingerprint density at radius 2 is 1.58 bits per heavy atom. The molecule has 2 aromatic rings. The Balaban J connectivity index is 2.18. The predicted octanol–water partition coefficient (Wildman–Crippen LogP) is 3.45. The number of rotatable bonds is 5. The number of aliphatic hydroxyl groups is 1. The molecule has 0 radical (unpaired) electrons. The first-order chi connectivity index (χ1) is 9.25. The molecule has 0 fully saturated rings. The molecule has 0 bridgehead atoms. The number of hydrogen-bond acceptors (Lipinski definition) is 2. The van der Waals surface area contributed by atoms with E-state index < -0.39 is 0 Å². The van der Waals surface area contributed by atoms with E-state index in [2.05, 4.69) is 17.1 Å². The minimum atomic E-state index is -0.380. The van der Waals surface area contributed by atoms with Gasteiger partial charge >= 0.3 is 0 Å². The fourth-order valence-corrected chi connectivity index (χ4v) is 1.95. The van der Waals surface area contributed by atoms with E-state index in [4.69, 9.17) is 0 Å². The molecule has 1 N–H and O–H groups in total. The number of hydrogen-bond donors (Lipinski definition) is 1. The van der Waals surface area contributed by atoms with Crippen molar-refractivity contribution in [1.29, 1.82) is 0 Å². The van der Waals surface area contributed by atoms with Gasteiger partial charge in [0.05, 0.1) is 12.6 Å². The van der Waals surface area contributed by atoms with Crippen LogP contribution in [0.4, 0.5) is 0 Å². The Kier molecular flexibility index (Phi) is 4.87. The molecule has 0 heterocycles. The summed E-state index contributed by atoms with van der Waals surface area (Å²) < 4.78 is 0. The van der Waals surface area contributed by atoms with E-state index in [0.717, 1.165) is 11.3 Å². The molecule has 0 spiro atoms. The molecule has 0 saturated carbocycles. The molecule has 1 atom stereocenters. The summed E-state index contributed by atoms with van der Waals surface area (Å²) in [6.45, 7) is 2.44. The lowest BCUT2D eigenvalue weighted by Crippen LogP contribution is -2.11. The fraction of sp³-hybridized carbons (Fsp3) is 0.235. The van der Waals surface area contributed by atoms with Crippen molar-refractivity contribution in [2.45, 2.75) is 26.0 Å². The summed E-state index contributed by atoms with van der Waals surface area (Å²) in [6, 6.07) is 20.2. The summed E-state index contributed by atoms with van der Waals surface area (Å²) in [4.78, 5) is 4.66. The van der Waals surface area contributed by atoms with Crippen molar-refractivity contribution < 1.29 is 5.11 Å². The summed E-state index contributed by atoms with van der Waals surface area (Å²) in [7, 11) is 0. The predicted molar refractivity (Wildman–Crippen MR) is 79.4 cm³/mol. The highest BCUT2D eigenvalue weighted by molar-refractivity contribution is 6.00. The maximum atomic E-state index is 9.60. The van der Waals surface area contributed by atoms with Gasteiger partial charge in [-0.2, -0.15) is 0 Å². The van der Waals surface area contributed by atoms with Crippen LogP contribution >= 0.6 is 0 Å². The average molecular weight is 253 g/mol. The van der Waals surface area contributed by atoms with E-state index in [0.29, 0.717) is 13.0 Å². The lowest BCUT2D eigenvalue weighted by molar-refractivity contribution is 0.203. The van der Waals surface area contributed by atoms with Crippen LogP contribution in [0.3, 0.4) is 0 Å². The highest BCUT2D eigenvalue weighted by atomic mass is 16.3. The van der Waals surface area contributed by atoms with Crippen molar-refractivity contribution in [1.82, 2.24) is 0 Å². The van der Waals surface area contributed by atoms with E-state index in [-0.39, 0.29) is 6.10 Å². The lowest BCUT2D eigenvalue weighted by Gasteiger charge is -2.09. The maximum absolute atomic E-state index is 9.60. The molecule has 2 nitrogen and oxygen atoms in total. The number of aliphatic imine (C=N–C) groups is 1. The normalized spacial score (nSPS) is 13.3. The summed E-state index contributed by atoms with van der Waals surface area (Å²) >= 11 is 0. The molecule has 0 unspecified atom stereocenters. The fourth-order valence-electron chi connectivity index (χ4n) is 1.95. The quantitative estimate of drug-likeness (QED) is 0.813. The van der Waals surface area contributed by atoms with Crippen LogP contribution in [0.5, 0.6) is 0 Å². The molecule has 0 aliphatic heterocycles. The molecule has 0 saturated heterocycles. The van der Waals surface area contributed by atoms with Gasteiger partial charge in [0, 0.05) is 12.1 Å². The molecule has 0 aromatic heterocycles. The van der Waals surface area contributed by atoms with Gasteiger partial charge in [0.1, 0.15) is 0 Å². The van der Waals surface area contributed by atoms with Crippen molar-refractivity contribution in [3.8, 4) is 0 Å². The molecule has 2 aromatic carbocycles. The summed E-state index contributed by atoms with van der Waals surface area (Å²) in [5.41, 5.74) is 3.22. The first kappa shape index (κ1) is 13.5. The SMILES string of the molecule is C[C@H](O)CC(=NCc1ccccc1)c1ccccc1. The zero-order valence-electron chi connectivity index (χ0n) is 11.2. The van der Waals surface area contributed by atoms with Crippen molar-refractivity contribution in [2.75, 3.05) is 0 Å². The van der Waals surface area contributed by atoms with Gasteiger partial charge in [-0.25, -0.2) is 0 Å². The molecular weight excluding hydrogens is 234 g/mol. The van der Waals surface area contributed by atoms with Gasteiger partial charge in [-0.1, -0.05) is 60.7 Å². The molecule has 2 rings (SSSR count). The van der Waals surface area contributed by atoms with Crippen LogP contribution in [-0.2, 0) is 6.54 Å². The summed E-state index contributed by atoms with van der Waals surface area (Å²) in [6.07, 6.45) is 0.200. The van der Waals surface area contributed by atoms with Gasteiger partial charge in [-0.3, -0.25) is 4.99 Å². The van der Waals surface area contributed by atoms with E-state index >= 15 is 0 Å². The third kappa shape index (κ3) is 4.34. The van der Waals surface area contributed by atoms with Gasteiger partial charge in [0.15, 0.2) is 0 Å². The lowest BCUT2D eigenvalue weighted by atomic mass is 10.0. The van der Waals surface area contributed by atoms with E-state index in [1.54, 1.807) is 6.92 Å². The van der Waals surface area contributed by atoms with E-state index in [1.165, 1.54) is 5.56 Å². The van der Waals surface area contributed by atoms with Gasteiger partial charge in [0.25, 0.3) is 0 Å². The molecule has 0 aliphatic rings. The number of benzene rings is 2. The monoisotopic (exact) mass is 253 g/mol. The minimum absolute atomic E-state index is 0.380. The number of nitrogens with zero attached hydrogens (tertiary/aromatic N) is 1. The van der Waals surface area contributed by atoms with Gasteiger partial charge in [-0.05, 0) is 18.1 Å². The molecule has 0 amide bonds. The number of aliphatic hydroxyl groups excluding tert-OH is 1. The third-order valence-electron chi connectivity index (χ3n) is 2.89. The molecule has 0 aliphatic carbocycles. The molecule has 98 valence electrons. The largest absolute Gasteiger partial charge is 0.393 e. The Hall–Kier alpha value is -1.93. The van der Waals surface area contributed by atoms with Crippen molar-refractivity contribution in [3.05, 3.63) is 71.8 Å². The van der Waals surface area contributed by atoms with E-state index in [1.807, 2.05) is 48.5 Å². The standard InChI is InChI=1S/C17H19NO/c1-14(19)12-17(16-10-6-3-7-11-16)18-13-15-8-4-2-5-9-15/h2-11,14,19H,12-13H2,1H3/t14-/m0/s1. The second kappa shape index (κ2) is 6.86. The second-order valence-electron chi connectivity index (χ2n) is 4.67. The zero-order valence-corrected chi connectivity index (χ0v) is 11.2. The highest BCUT2D eigenvalue weighted by Gasteiger charge is 2.06. The maximum Gasteiger partial charge on any atom is 0.0643 e. The van der Waals surface area contributed by atoms with Gasteiger partial charge < -0.3 is 5.11 Å². The van der Waals surface area contributed by atoms with Crippen LogP contribution in [0.25, 0.3) is 0 Å². The Morgan fingerprint density at radius 3 is 2.16 bits per heavy atom. The van der Waals surface area contributed by atoms with Crippen LogP contribution in [0.15, 0.2) is 65.7 Å². The molecule has 19 heavy (non-hydrogen) atoms. The first-order valence-electron chi connectivity index (χ1n) is 6.56. The van der Waals surface area contributed by atoms with Gasteiger partial charge in [-0.15, -0.1) is 0 Å². The highest BCUT2D eigenvalue weighted by Crippen LogP contribution is 2.09. The second-order valence-corrected chi connectivity index (χ2v) is 4.67. The summed E-state index contributed by atoms with van der Waals surface area (Å²) in [5.74, 6) is 0. The van der Waals surface area contributed by atoms with Crippen LogP contribution in [0.1, 0.15) is 24.5 Å². The summed E-state index contributed by atoms with van der Waals surface area (Å²) in [5, 5.41) is 9.60. The topological polar surface area (TPSA) is 32.6 Å². The van der Waals surface area contributed by atoms with Crippen molar-refractivity contribution in [2.24, 2.45) is 4.99 Å². The van der Waals surface area contributed by atoms with Gasteiger partial charge in [0.2, 0.25) is 0 Å². The Morgan fingerprint density at radius 1 is 1.00 bits per heavy atom. The Labute approximate surface area is 114 Å². The van der Waals surface area contributed by atoms with E-state index in [9.17, 15) is 5.11 Å². The van der Waals surface area contributed by atoms with Crippen LogP contribution in [0.2, 0.25) is 0 Å². The van der Waals surface area contributed by atoms with Crippen LogP contribution in [-0.4, -0.2) is 16.9 Å². The van der Waals surface area contributed by atoms with Crippen molar-refractivity contribution >= 4 is 5.71 Å². The molecule has 2 heteroatoms. The van der Waals surface area contributed by atoms with Crippen LogP contribution in [0, 0.1) is 0 Å². The molecular formula is C17H19NO. The minimum Gasteiger partial charge on any atom is -0.393 e. The first-order valence-corrected chi connectivity index (χ1v) is 6.56.